The van der Waals surface area contributed by atoms with Crippen molar-refractivity contribution in [2.75, 3.05) is 24.5 Å². The van der Waals surface area contributed by atoms with Crippen LogP contribution in [0.4, 0.5) is 10.1 Å². The molecule has 0 bridgehead atoms. The summed E-state index contributed by atoms with van der Waals surface area (Å²) in [5.74, 6) is 0.677. The van der Waals surface area contributed by atoms with E-state index in [0.717, 1.165) is 43.2 Å². The number of nitrogens with one attached hydrogen (secondary N) is 1. The Bertz CT molecular complexity index is 429. The van der Waals surface area contributed by atoms with Crippen molar-refractivity contribution >= 4 is 5.69 Å². The molecule has 1 aromatic rings. The first kappa shape index (κ1) is 15.3. The molecule has 3 heteroatoms. The summed E-state index contributed by atoms with van der Waals surface area (Å²) in [7, 11) is 0. The first-order chi connectivity index (χ1) is 9.67. The fourth-order valence-corrected chi connectivity index (χ4v) is 2.68. The summed E-state index contributed by atoms with van der Waals surface area (Å²) in [4.78, 5) is 2.21. The van der Waals surface area contributed by atoms with Crippen LogP contribution in [0, 0.1) is 11.7 Å². The van der Waals surface area contributed by atoms with Crippen LogP contribution in [0.2, 0.25) is 0 Å². The second-order valence-corrected chi connectivity index (χ2v) is 5.84. The number of para-hydroxylation sites is 1. The van der Waals surface area contributed by atoms with Crippen LogP contribution in [0.3, 0.4) is 0 Å². The van der Waals surface area contributed by atoms with Crippen molar-refractivity contribution < 1.29 is 4.39 Å². The lowest BCUT2D eigenvalue weighted by molar-refractivity contribution is 0.556. The molecule has 1 saturated carbocycles. The Morgan fingerprint density at radius 1 is 1.35 bits per heavy atom. The van der Waals surface area contributed by atoms with Crippen LogP contribution in [-0.4, -0.2) is 19.6 Å². The SMILES string of the molecule is CCCNC(C)c1cccc(F)c1N(CC)CC1CC1. The molecular weight excluding hydrogens is 251 g/mol. The second kappa shape index (κ2) is 7.07. The molecule has 0 aliphatic heterocycles. The first-order valence-electron chi connectivity index (χ1n) is 7.94. The molecule has 1 fully saturated rings. The van der Waals surface area contributed by atoms with Gasteiger partial charge in [-0.15, -0.1) is 0 Å². The van der Waals surface area contributed by atoms with E-state index in [9.17, 15) is 4.39 Å². The number of nitrogens with zero attached hydrogens (tertiary/aromatic N) is 1. The summed E-state index contributed by atoms with van der Waals surface area (Å²) in [6.45, 7) is 9.21. The van der Waals surface area contributed by atoms with Crippen LogP contribution in [0.5, 0.6) is 0 Å². The minimum Gasteiger partial charge on any atom is -0.369 e. The summed E-state index contributed by atoms with van der Waals surface area (Å²) < 4.78 is 14.4. The van der Waals surface area contributed by atoms with Gasteiger partial charge in [-0.25, -0.2) is 4.39 Å². The van der Waals surface area contributed by atoms with Gasteiger partial charge in [0.2, 0.25) is 0 Å². The van der Waals surface area contributed by atoms with E-state index in [4.69, 9.17) is 0 Å². The number of benzene rings is 1. The number of anilines is 1. The van der Waals surface area contributed by atoms with Gasteiger partial charge < -0.3 is 10.2 Å². The molecule has 1 unspecified atom stereocenters. The predicted molar refractivity (Wildman–Crippen MR) is 83.7 cm³/mol. The number of halogens is 1. The minimum atomic E-state index is -0.0878. The third-order valence-corrected chi connectivity index (χ3v) is 4.06. The Morgan fingerprint density at radius 2 is 2.10 bits per heavy atom. The molecule has 1 N–H and O–H groups in total. The highest BCUT2D eigenvalue weighted by Gasteiger charge is 2.26. The molecule has 2 rings (SSSR count). The van der Waals surface area contributed by atoms with Gasteiger partial charge in [0.05, 0.1) is 5.69 Å². The van der Waals surface area contributed by atoms with E-state index in [-0.39, 0.29) is 11.9 Å². The minimum absolute atomic E-state index is 0.0878. The van der Waals surface area contributed by atoms with Gasteiger partial charge in [0.25, 0.3) is 0 Å². The molecule has 0 radical (unpaired) electrons. The summed E-state index contributed by atoms with van der Waals surface area (Å²) in [5.41, 5.74) is 1.89. The Kier molecular flexibility index (Phi) is 5.41. The van der Waals surface area contributed by atoms with Crippen molar-refractivity contribution in [1.29, 1.82) is 0 Å². The molecule has 2 nitrogen and oxygen atoms in total. The molecule has 0 aromatic heterocycles. The Labute approximate surface area is 122 Å². The molecule has 1 aliphatic rings. The largest absolute Gasteiger partial charge is 0.369 e. The molecule has 20 heavy (non-hydrogen) atoms. The Morgan fingerprint density at radius 3 is 2.70 bits per heavy atom. The molecule has 112 valence electrons. The topological polar surface area (TPSA) is 15.3 Å². The van der Waals surface area contributed by atoms with E-state index in [1.807, 2.05) is 6.07 Å². The van der Waals surface area contributed by atoms with Crippen molar-refractivity contribution in [1.82, 2.24) is 5.32 Å². The number of rotatable bonds is 8. The number of hydrogen-bond donors (Lipinski definition) is 1. The highest BCUT2D eigenvalue weighted by Crippen LogP contribution is 2.35. The monoisotopic (exact) mass is 278 g/mol. The van der Waals surface area contributed by atoms with Crippen molar-refractivity contribution in [3.05, 3.63) is 29.6 Å². The highest BCUT2D eigenvalue weighted by molar-refractivity contribution is 5.56. The zero-order valence-electron chi connectivity index (χ0n) is 13.0. The molecule has 1 aliphatic carbocycles. The second-order valence-electron chi connectivity index (χ2n) is 5.84. The third kappa shape index (κ3) is 3.72. The molecule has 0 heterocycles. The summed E-state index contributed by atoms with van der Waals surface area (Å²) in [5, 5.41) is 3.47. The molecule has 1 atom stereocenters. The van der Waals surface area contributed by atoms with E-state index < -0.39 is 0 Å². The van der Waals surface area contributed by atoms with Gasteiger partial charge in [-0.05, 0) is 57.2 Å². The van der Waals surface area contributed by atoms with Crippen LogP contribution in [0.1, 0.15) is 51.6 Å². The van der Waals surface area contributed by atoms with Gasteiger partial charge in [0.1, 0.15) is 5.82 Å². The average Bonchev–Trinajstić information content (AvgIpc) is 3.26. The van der Waals surface area contributed by atoms with Gasteiger partial charge in [0.15, 0.2) is 0 Å². The zero-order chi connectivity index (χ0) is 14.5. The molecule has 0 spiro atoms. The van der Waals surface area contributed by atoms with Crippen molar-refractivity contribution in [2.24, 2.45) is 5.92 Å². The van der Waals surface area contributed by atoms with Crippen LogP contribution in [0.15, 0.2) is 18.2 Å². The smallest absolute Gasteiger partial charge is 0.146 e. The molecule has 1 aromatic carbocycles. The highest BCUT2D eigenvalue weighted by atomic mass is 19.1. The van der Waals surface area contributed by atoms with Crippen LogP contribution in [0.25, 0.3) is 0 Å². The fraction of sp³-hybridized carbons (Fsp3) is 0.647. The van der Waals surface area contributed by atoms with E-state index in [0.29, 0.717) is 0 Å². The van der Waals surface area contributed by atoms with Crippen LogP contribution in [-0.2, 0) is 0 Å². The molecule has 0 saturated heterocycles. The third-order valence-electron chi connectivity index (χ3n) is 4.06. The quantitative estimate of drug-likeness (QED) is 0.769. The van der Waals surface area contributed by atoms with E-state index in [1.165, 1.54) is 12.8 Å². The Hall–Kier alpha value is -1.09. The van der Waals surface area contributed by atoms with Crippen molar-refractivity contribution in [3.8, 4) is 0 Å². The van der Waals surface area contributed by atoms with Crippen LogP contribution < -0.4 is 10.2 Å². The molecule has 0 amide bonds. The normalized spacial score (nSPS) is 16.2. The lowest BCUT2D eigenvalue weighted by atomic mass is 10.0. The maximum Gasteiger partial charge on any atom is 0.146 e. The maximum absolute atomic E-state index is 14.4. The predicted octanol–water partition coefficient (Wildman–Crippen LogP) is 4.12. The zero-order valence-corrected chi connectivity index (χ0v) is 13.0. The van der Waals surface area contributed by atoms with Crippen molar-refractivity contribution in [2.45, 2.75) is 46.1 Å². The van der Waals surface area contributed by atoms with Gasteiger partial charge in [-0.3, -0.25) is 0 Å². The van der Waals surface area contributed by atoms with Crippen LogP contribution >= 0.6 is 0 Å². The summed E-state index contributed by atoms with van der Waals surface area (Å²) >= 11 is 0. The molecular formula is C17H27FN2. The first-order valence-corrected chi connectivity index (χ1v) is 7.94. The number of hydrogen-bond acceptors (Lipinski definition) is 2. The van der Waals surface area contributed by atoms with E-state index >= 15 is 0 Å². The summed E-state index contributed by atoms with van der Waals surface area (Å²) in [6.07, 6.45) is 3.68. The lowest BCUT2D eigenvalue weighted by Crippen LogP contribution is -2.29. The standard InChI is InChI=1S/C17H27FN2/c1-4-11-19-13(3)15-7-6-8-16(18)17(15)20(5-2)12-14-9-10-14/h6-8,13-14,19H,4-5,9-12H2,1-3H3. The van der Waals surface area contributed by atoms with Gasteiger partial charge >= 0.3 is 0 Å². The van der Waals surface area contributed by atoms with Gasteiger partial charge in [0, 0.05) is 19.1 Å². The lowest BCUT2D eigenvalue weighted by Gasteiger charge is -2.28. The summed E-state index contributed by atoms with van der Waals surface area (Å²) in [6, 6.07) is 5.65. The van der Waals surface area contributed by atoms with E-state index in [1.54, 1.807) is 6.07 Å². The van der Waals surface area contributed by atoms with Gasteiger partial charge in [-0.2, -0.15) is 0 Å². The van der Waals surface area contributed by atoms with E-state index in [2.05, 4.69) is 37.1 Å². The van der Waals surface area contributed by atoms with Gasteiger partial charge in [-0.1, -0.05) is 19.1 Å². The Balaban J connectivity index is 2.23. The fourth-order valence-electron chi connectivity index (χ4n) is 2.68. The average molecular weight is 278 g/mol. The van der Waals surface area contributed by atoms with Crippen molar-refractivity contribution in [3.63, 3.8) is 0 Å². The maximum atomic E-state index is 14.4.